The molecule has 18 nitrogen and oxygen atoms in total. The number of ether oxygens (including phenoxy) is 4. The Labute approximate surface area is 220 Å². The number of nitrogens with zero attached hydrogens (tertiary/aromatic N) is 7. The molecule has 0 bridgehead atoms. The zero-order chi connectivity index (χ0) is 28.7. The van der Waals surface area contributed by atoms with Gasteiger partial charge in [-0.25, -0.2) is 0 Å². The number of hydrogen-bond acceptors (Lipinski definition) is 14. The summed E-state index contributed by atoms with van der Waals surface area (Å²) in [5, 5.41) is 71.6. The number of aliphatic hydroxyl groups is 6. The van der Waals surface area contributed by atoms with Gasteiger partial charge in [0.2, 0.25) is 6.29 Å². The zero-order valence-electron chi connectivity index (χ0n) is 20.6. The molecule has 11 atom stereocenters. The normalized spacial score (nSPS) is 36.1. The van der Waals surface area contributed by atoms with Gasteiger partial charge in [0, 0.05) is 16.2 Å². The lowest BCUT2D eigenvalue weighted by Crippen LogP contribution is -2.65. The summed E-state index contributed by atoms with van der Waals surface area (Å²) in [6, 6.07) is 2.55. The van der Waals surface area contributed by atoms with Crippen molar-refractivity contribution in [3.05, 3.63) is 50.1 Å². The van der Waals surface area contributed by atoms with Gasteiger partial charge in [-0.2, -0.15) is 0 Å². The molecule has 0 spiro atoms. The van der Waals surface area contributed by atoms with E-state index in [1.807, 2.05) is 0 Å². The van der Waals surface area contributed by atoms with E-state index in [1.165, 1.54) is 31.2 Å². The summed E-state index contributed by atoms with van der Waals surface area (Å²) in [6.45, 7) is -0.248. The maximum atomic E-state index is 11.0. The number of nitroso groups, excluding NO2 is 1. The van der Waals surface area contributed by atoms with Crippen LogP contribution in [0.2, 0.25) is 0 Å². The van der Waals surface area contributed by atoms with Crippen LogP contribution in [0.4, 0.5) is 5.69 Å². The fraction of sp³-hybridized carbons (Fsp3) is 0.714. The number of rotatable bonds is 11. The SMILES string of the molecule is C[C@@]1(OC2C(O)[C@H](Oc3ccc(N=O)cc3)OC(CO)[C@@H]2O)CC(O)C(N=[N+]=[N-])C(C(N=[N+]=[N-])[C@H](O)CO)O1. The van der Waals surface area contributed by atoms with Crippen molar-refractivity contribution >= 4 is 5.69 Å². The maximum absolute atomic E-state index is 11.0. The third kappa shape index (κ3) is 6.91. The molecule has 2 heterocycles. The van der Waals surface area contributed by atoms with Gasteiger partial charge in [-0.05, 0) is 47.4 Å². The fourth-order valence-corrected chi connectivity index (χ4v) is 4.50. The van der Waals surface area contributed by atoms with Gasteiger partial charge in [0.1, 0.15) is 35.9 Å². The van der Waals surface area contributed by atoms with Crippen molar-refractivity contribution in [3.63, 3.8) is 0 Å². The van der Waals surface area contributed by atoms with Gasteiger partial charge in [-0.3, -0.25) is 0 Å². The van der Waals surface area contributed by atoms with Crippen molar-refractivity contribution in [3.8, 4) is 5.75 Å². The predicted molar refractivity (Wildman–Crippen MR) is 128 cm³/mol. The molecule has 1 aromatic carbocycles. The van der Waals surface area contributed by atoms with Crippen LogP contribution in [0.25, 0.3) is 20.9 Å². The molecule has 39 heavy (non-hydrogen) atoms. The molecule has 0 aliphatic carbocycles. The Morgan fingerprint density at radius 1 is 1.15 bits per heavy atom. The summed E-state index contributed by atoms with van der Waals surface area (Å²) < 4.78 is 22.9. The van der Waals surface area contributed by atoms with Crippen molar-refractivity contribution < 1.29 is 49.6 Å². The van der Waals surface area contributed by atoms with E-state index < -0.39 is 80.1 Å². The molecule has 2 saturated heterocycles. The first kappa shape index (κ1) is 30.4. The number of azide groups is 2. The Morgan fingerprint density at radius 2 is 1.85 bits per heavy atom. The van der Waals surface area contributed by atoms with Crippen LogP contribution in [-0.4, -0.2) is 111 Å². The van der Waals surface area contributed by atoms with Crippen LogP contribution in [0.15, 0.2) is 39.7 Å². The Morgan fingerprint density at radius 3 is 2.41 bits per heavy atom. The van der Waals surface area contributed by atoms with Crippen LogP contribution < -0.4 is 4.74 Å². The van der Waals surface area contributed by atoms with Crippen LogP contribution in [0.3, 0.4) is 0 Å². The first-order valence-corrected chi connectivity index (χ1v) is 11.7. The van der Waals surface area contributed by atoms with Gasteiger partial charge in [-0.1, -0.05) is 10.2 Å². The van der Waals surface area contributed by atoms with E-state index in [-0.39, 0.29) is 17.9 Å². The minimum atomic E-state index is -1.87. The van der Waals surface area contributed by atoms with Crippen LogP contribution in [0.5, 0.6) is 5.75 Å². The molecule has 0 aromatic heterocycles. The Balaban J connectivity index is 1.89. The van der Waals surface area contributed by atoms with Crippen LogP contribution in [0.1, 0.15) is 13.3 Å². The molecule has 3 rings (SSSR count). The highest BCUT2D eigenvalue weighted by atomic mass is 16.7. The molecule has 2 aliphatic heterocycles. The quantitative estimate of drug-likeness (QED) is 0.0904. The Bertz CT molecular complexity index is 1070. The molecule has 0 amide bonds. The van der Waals surface area contributed by atoms with Crippen LogP contribution >= 0.6 is 0 Å². The fourth-order valence-electron chi connectivity index (χ4n) is 4.50. The minimum absolute atomic E-state index is 0.122. The molecular weight excluding hydrogens is 526 g/mol. The molecule has 2 aliphatic rings. The summed E-state index contributed by atoms with van der Waals surface area (Å²) in [5.41, 5.74) is 18.1. The third-order valence-corrected chi connectivity index (χ3v) is 6.39. The average molecular weight is 556 g/mol. The molecular formula is C21H29N7O11. The van der Waals surface area contributed by atoms with Gasteiger partial charge in [-0.15, -0.1) is 4.91 Å². The summed E-state index contributed by atoms with van der Waals surface area (Å²) in [4.78, 5) is 15.9. The molecule has 18 heteroatoms. The highest BCUT2D eigenvalue weighted by Gasteiger charge is 2.54. The molecule has 0 saturated carbocycles. The number of hydrogen-bond donors (Lipinski definition) is 6. The topological polar surface area (TPSA) is 285 Å². The second-order valence-corrected chi connectivity index (χ2v) is 9.12. The summed E-state index contributed by atoms with van der Waals surface area (Å²) in [6.07, 6.45) is -12.7. The van der Waals surface area contributed by atoms with Crippen molar-refractivity contribution in [1.29, 1.82) is 0 Å². The molecule has 214 valence electrons. The van der Waals surface area contributed by atoms with Gasteiger partial charge in [0.05, 0.1) is 43.6 Å². The lowest BCUT2D eigenvalue weighted by Gasteiger charge is -2.50. The van der Waals surface area contributed by atoms with Crippen molar-refractivity contribution in [2.45, 2.75) is 80.2 Å². The lowest BCUT2D eigenvalue weighted by atomic mass is 9.88. The van der Waals surface area contributed by atoms with E-state index in [9.17, 15) is 35.5 Å². The minimum Gasteiger partial charge on any atom is -0.462 e. The largest absolute Gasteiger partial charge is 0.462 e. The van der Waals surface area contributed by atoms with Crippen molar-refractivity contribution in [2.75, 3.05) is 13.2 Å². The third-order valence-electron chi connectivity index (χ3n) is 6.39. The zero-order valence-corrected chi connectivity index (χ0v) is 20.6. The average Bonchev–Trinajstić information content (AvgIpc) is 2.92. The second kappa shape index (κ2) is 13.3. The molecule has 6 N–H and O–H groups in total. The van der Waals surface area contributed by atoms with Gasteiger partial charge >= 0.3 is 0 Å². The molecule has 7 unspecified atom stereocenters. The molecule has 0 radical (unpaired) electrons. The van der Waals surface area contributed by atoms with Crippen LogP contribution in [0, 0.1) is 4.91 Å². The van der Waals surface area contributed by atoms with E-state index in [0.29, 0.717) is 0 Å². The Kier molecular flexibility index (Phi) is 10.4. The van der Waals surface area contributed by atoms with E-state index in [2.05, 4.69) is 25.2 Å². The summed E-state index contributed by atoms with van der Waals surface area (Å²) in [7, 11) is 0. The summed E-state index contributed by atoms with van der Waals surface area (Å²) in [5.74, 6) is -1.71. The standard InChI is InChI=1S/C21H29N7O11/c1-21(6-11(31)14(24-27-22)18(38-21)15(25-28-23)12(32)7-29)39-19-16(33)13(8-30)37-20(17(19)34)36-10-4-2-9(26-35)3-5-10/h2-5,11-20,29-34H,6-8H2,1H3/t11?,12-,13?,14?,15?,16+,17?,18?,19?,20-,21-/m1/s1. The smallest absolute Gasteiger partial charge is 0.229 e. The monoisotopic (exact) mass is 555 g/mol. The van der Waals surface area contributed by atoms with Gasteiger partial charge in [0.15, 0.2) is 5.79 Å². The van der Waals surface area contributed by atoms with Crippen LogP contribution in [-0.2, 0) is 14.2 Å². The second-order valence-electron chi connectivity index (χ2n) is 9.12. The first-order chi connectivity index (χ1) is 18.6. The van der Waals surface area contributed by atoms with Crippen molar-refractivity contribution in [1.82, 2.24) is 0 Å². The molecule has 1 aromatic rings. The van der Waals surface area contributed by atoms with Gasteiger partial charge < -0.3 is 49.6 Å². The Hall–Kier alpha value is -3.12. The van der Waals surface area contributed by atoms with E-state index in [4.69, 9.17) is 30.0 Å². The highest BCUT2D eigenvalue weighted by molar-refractivity contribution is 5.40. The number of aliphatic hydroxyl groups excluding tert-OH is 6. The maximum Gasteiger partial charge on any atom is 0.229 e. The lowest BCUT2D eigenvalue weighted by molar-refractivity contribution is -0.361. The summed E-state index contributed by atoms with van der Waals surface area (Å²) >= 11 is 0. The number of benzene rings is 1. The van der Waals surface area contributed by atoms with Crippen molar-refractivity contribution in [2.24, 2.45) is 15.4 Å². The van der Waals surface area contributed by atoms with Gasteiger partial charge in [0.25, 0.3) is 0 Å². The predicted octanol–water partition coefficient (Wildman–Crippen LogP) is -0.136. The van der Waals surface area contributed by atoms with E-state index >= 15 is 0 Å². The first-order valence-electron chi connectivity index (χ1n) is 11.7. The molecule has 2 fully saturated rings. The van der Waals surface area contributed by atoms with E-state index in [0.717, 1.165) is 0 Å². The highest BCUT2D eigenvalue weighted by Crippen LogP contribution is 2.38. The van der Waals surface area contributed by atoms with E-state index in [1.54, 1.807) is 0 Å².